The van der Waals surface area contributed by atoms with Crippen LogP contribution in [-0.4, -0.2) is 36.4 Å². The maximum atomic E-state index is 13.9. The fourth-order valence-electron chi connectivity index (χ4n) is 3.27. The average molecular weight is 370 g/mol. The average Bonchev–Trinajstić information content (AvgIpc) is 2.69. The largest absolute Gasteiger partial charge is 0.492 e. The zero-order valence-electron chi connectivity index (χ0n) is 15.3. The number of hydrogen-bond donors (Lipinski definition) is 1. The third-order valence-corrected chi connectivity index (χ3v) is 4.63. The number of nitrogens with one attached hydrogen (secondary N) is 1. The number of halogens is 1. The number of ether oxygens (including phenoxy) is 1. The lowest BCUT2D eigenvalue weighted by atomic mass is 9.96. The first-order chi connectivity index (χ1) is 13.1. The van der Waals surface area contributed by atoms with E-state index < -0.39 is 5.82 Å². The summed E-state index contributed by atoms with van der Waals surface area (Å²) < 4.78 is 19.4. The number of carbonyl (C=O) groups excluding carboxylic acids is 2. The van der Waals surface area contributed by atoms with Crippen LogP contribution < -0.4 is 10.1 Å². The van der Waals surface area contributed by atoms with Gasteiger partial charge in [-0.3, -0.25) is 9.59 Å². The van der Waals surface area contributed by atoms with Gasteiger partial charge >= 0.3 is 0 Å². The van der Waals surface area contributed by atoms with Crippen LogP contribution in [-0.2, 0) is 4.79 Å². The van der Waals surface area contributed by atoms with E-state index in [4.69, 9.17) is 4.74 Å². The molecule has 6 heteroatoms. The van der Waals surface area contributed by atoms with E-state index in [0.29, 0.717) is 37.4 Å². The maximum Gasteiger partial charge on any atom is 0.256 e. The number of piperidine rings is 1. The van der Waals surface area contributed by atoms with Crippen molar-refractivity contribution in [3.63, 3.8) is 0 Å². The molecule has 1 heterocycles. The Hall–Kier alpha value is -2.89. The van der Waals surface area contributed by atoms with Gasteiger partial charge in [0.15, 0.2) is 0 Å². The van der Waals surface area contributed by atoms with Crippen LogP contribution in [0, 0.1) is 11.7 Å². The number of rotatable bonds is 5. The van der Waals surface area contributed by atoms with Gasteiger partial charge in [-0.1, -0.05) is 24.3 Å². The molecule has 5 nitrogen and oxygen atoms in total. The fourth-order valence-corrected chi connectivity index (χ4v) is 3.27. The Morgan fingerprint density at radius 3 is 2.70 bits per heavy atom. The first-order valence-electron chi connectivity index (χ1n) is 9.16. The van der Waals surface area contributed by atoms with Crippen molar-refractivity contribution in [2.75, 3.05) is 25.0 Å². The van der Waals surface area contributed by atoms with Crippen LogP contribution in [0.15, 0.2) is 48.5 Å². The first-order valence-corrected chi connectivity index (χ1v) is 9.16. The van der Waals surface area contributed by atoms with Crippen molar-refractivity contribution in [2.45, 2.75) is 19.8 Å². The van der Waals surface area contributed by atoms with Crippen molar-refractivity contribution in [1.82, 2.24) is 4.90 Å². The molecule has 2 amide bonds. The van der Waals surface area contributed by atoms with Crippen LogP contribution in [0.5, 0.6) is 5.75 Å². The minimum absolute atomic E-state index is 0.0419. The van der Waals surface area contributed by atoms with Crippen molar-refractivity contribution in [1.29, 1.82) is 0 Å². The molecule has 1 fully saturated rings. The molecule has 2 aromatic rings. The summed E-state index contributed by atoms with van der Waals surface area (Å²) in [7, 11) is 0. The van der Waals surface area contributed by atoms with Gasteiger partial charge in [-0.05, 0) is 44.0 Å². The topological polar surface area (TPSA) is 58.6 Å². The molecular weight excluding hydrogens is 347 g/mol. The van der Waals surface area contributed by atoms with Gasteiger partial charge in [-0.2, -0.15) is 0 Å². The van der Waals surface area contributed by atoms with E-state index in [2.05, 4.69) is 5.32 Å². The molecule has 1 N–H and O–H groups in total. The molecule has 1 aliphatic rings. The lowest BCUT2D eigenvalue weighted by Gasteiger charge is -2.32. The van der Waals surface area contributed by atoms with Crippen LogP contribution in [0.3, 0.4) is 0 Å². The summed E-state index contributed by atoms with van der Waals surface area (Å²) in [5.41, 5.74) is 0.655. The van der Waals surface area contributed by atoms with E-state index in [1.165, 1.54) is 12.1 Å². The molecule has 0 aliphatic carbocycles. The van der Waals surface area contributed by atoms with E-state index in [1.807, 2.05) is 19.1 Å². The van der Waals surface area contributed by atoms with Crippen LogP contribution in [0.4, 0.5) is 10.1 Å². The Morgan fingerprint density at radius 1 is 1.19 bits per heavy atom. The normalized spacial score (nSPS) is 16.7. The molecule has 3 rings (SSSR count). The number of likely N-dealkylation sites (tertiary alicyclic amines) is 1. The van der Waals surface area contributed by atoms with Gasteiger partial charge in [-0.25, -0.2) is 4.39 Å². The zero-order valence-corrected chi connectivity index (χ0v) is 15.3. The van der Waals surface area contributed by atoms with Gasteiger partial charge in [0, 0.05) is 13.1 Å². The summed E-state index contributed by atoms with van der Waals surface area (Å²) in [6, 6.07) is 13.2. The van der Waals surface area contributed by atoms with Gasteiger partial charge in [0.05, 0.1) is 23.8 Å². The minimum Gasteiger partial charge on any atom is -0.492 e. The van der Waals surface area contributed by atoms with Gasteiger partial charge in [0.1, 0.15) is 11.6 Å². The second kappa shape index (κ2) is 8.66. The standard InChI is InChI=1S/C21H23FN2O3/c1-2-27-19-12-6-5-11-18(19)23-20(25)15-8-7-13-24(14-15)21(26)16-9-3-4-10-17(16)22/h3-6,9-12,15H,2,7-8,13-14H2,1H3,(H,23,25)/t15-/m0/s1. The van der Waals surface area contributed by atoms with Crippen molar-refractivity contribution in [2.24, 2.45) is 5.92 Å². The summed E-state index contributed by atoms with van der Waals surface area (Å²) in [5, 5.41) is 2.90. The predicted molar refractivity (Wildman–Crippen MR) is 101 cm³/mol. The Bertz CT molecular complexity index is 825. The number of benzene rings is 2. The SMILES string of the molecule is CCOc1ccccc1NC(=O)[C@H]1CCCN(C(=O)c2ccccc2F)C1. The molecule has 27 heavy (non-hydrogen) atoms. The second-order valence-electron chi connectivity index (χ2n) is 6.49. The third-order valence-electron chi connectivity index (χ3n) is 4.63. The monoisotopic (exact) mass is 370 g/mol. The van der Waals surface area contributed by atoms with E-state index in [-0.39, 0.29) is 29.8 Å². The Labute approximate surface area is 158 Å². The molecule has 2 aromatic carbocycles. The summed E-state index contributed by atoms with van der Waals surface area (Å²) >= 11 is 0. The lowest BCUT2D eigenvalue weighted by Crippen LogP contribution is -2.44. The maximum absolute atomic E-state index is 13.9. The van der Waals surface area contributed by atoms with Crippen molar-refractivity contribution < 1.29 is 18.7 Å². The Kier molecular flexibility index (Phi) is 6.06. The number of amides is 2. The van der Waals surface area contributed by atoms with Gasteiger partial charge in [-0.15, -0.1) is 0 Å². The molecule has 142 valence electrons. The molecule has 0 unspecified atom stereocenters. The lowest BCUT2D eigenvalue weighted by molar-refractivity contribution is -0.121. The summed E-state index contributed by atoms with van der Waals surface area (Å²) in [4.78, 5) is 26.9. The molecule has 1 saturated heterocycles. The van der Waals surface area contributed by atoms with Crippen LogP contribution in [0.25, 0.3) is 0 Å². The summed E-state index contributed by atoms with van der Waals surface area (Å²) in [6.07, 6.45) is 1.38. The highest BCUT2D eigenvalue weighted by Crippen LogP contribution is 2.26. The van der Waals surface area contributed by atoms with Crippen LogP contribution in [0.1, 0.15) is 30.1 Å². The van der Waals surface area contributed by atoms with E-state index in [1.54, 1.807) is 29.2 Å². The van der Waals surface area contributed by atoms with Gasteiger partial charge < -0.3 is 15.0 Å². The smallest absolute Gasteiger partial charge is 0.256 e. The van der Waals surface area contributed by atoms with Crippen molar-refractivity contribution in [3.05, 3.63) is 59.9 Å². The van der Waals surface area contributed by atoms with E-state index in [9.17, 15) is 14.0 Å². The predicted octanol–water partition coefficient (Wildman–Crippen LogP) is 3.72. The Balaban J connectivity index is 1.68. The number of hydrogen-bond acceptors (Lipinski definition) is 3. The molecule has 0 radical (unpaired) electrons. The number of para-hydroxylation sites is 2. The quantitative estimate of drug-likeness (QED) is 0.873. The van der Waals surface area contributed by atoms with Gasteiger partial charge in [0.2, 0.25) is 5.91 Å². The number of nitrogens with zero attached hydrogens (tertiary/aromatic N) is 1. The van der Waals surface area contributed by atoms with Crippen molar-refractivity contribution >= 4 is 17.5 Å². The van der Waals surface area contributed by atoms with Crippen LogP contribution >= 0.6 is 0 Å². The van der Waals surface area contributed by atoms with Gasteiger partial charge in [0.25, 0.3) is 5.91 Å². The fraction of sp³-hybridized carbons (Fsp3) is 0.333. The van der Waals surface area contributed by atoms with E-state index >= 15 is 0 Å². The number of anilines is 1. The highest BCUT2D eigenvalue weighted by Gasteiger charge is 2.30. The van der Waals surface area contributed by atoms with Crippen LogP contribution in [0.2, 0.25) is 0 Å². The van der Waals surface area contributed by atoms with Crippen molar-refractivity contribution in [3.8, 4) is 5.75 Å². The highest BCUT2D eigenvalue weighted by molar-refractivity contribution is 5.97. The third kappa shape index (κ3) is 4.45. The molecule has 1 aliphatic heterocycles. The summed E-state index contributed by atoms with van der Waals surface area (Å²) in [6.45, 7) is 3.18. The second-order valence-corrected chi connectivity index (χ2v) is 6.49. The minimum atomic E-state index is -0.542. The summed E-state index contributed by atoms with van der Waals surface area (Å²) in [5.74, 6) is -0.805. The first kappa shape index (κ1) is 18.9. The Morgan fingerprint density at radius 2 is 1.93 bits per heavy atom. The molecule has 0 aromatic heterocycles. The highest BCUT2D eigenvalue weighted by atomic mass is 19.1. The molecule has 0 spiro atoms. The molecule has 0 bridgehead atoms. The molecular formula is C21H23FN2O3. The number of carbonyl (C=O) groups is 2. The van der Waals surface area contributed by atoms with E-state index in [0.717, 1.165) is 0 Å². The molecule has 1 atom stereocenters. The zero-order chi connectivity index (χ0) is 19.2. The molecule has 0 saturated carbocycles.